The van der Waals surface area contributed by atoms with Crippen LogP contribution in [0.2, 0.25) is 0 Å². The maximum Gasteiger partial charge on any atom is 0.278 e. The van der Waals surface area contributed by atoms with Gasteiger partial charge in [0.05, 0.1) is 26.1 Å². The molecule has 0 aliphatic carbocycles. The number of carbonyl (C=O) groups is 1. The smallest absolute Gasteiger partial charge is 0.278 e. The van der Waals surface area contributed by atoms with Crippen LogP contribution >= 0.6 is 0 Å². The van der Waals surface area contributed by atoms with E-state index >= 15 is 0 Å². The quantitative estimate of drug-likeness (QED) is 0.318. The summed E-state index contributed by atoms with van der Waals surface area (Å²) in [6.07, 6.45) is 3.47. The number of aromatic nitrogens is 4. The number of amides is 1. The second-order valence-electron chi connectivity index (χ2n) is 8.08. The van der Waals surface area contributed by atoms with Gasteiger partial charge < -0.3 is 23.9 Å². The number of methoxy groups -OCH3 is 2. The summed E-state index contributed by atoms with van der Waals surface area (Å²) in [5, 5.41) is 6.83. The minimum absolute atomic E-state index is 0.269. The number of imidazole rings is 1. The zero-order valence-electron chi connectivity index (χ0n) is 20.0. The molecular formula is C27H22FN5O4. The van der Waals surface area contributed by atoms with E-state index in [1.807, 2.05) is 28.8 Å². The van der Waals surface area contributed by atoms with E-state index in [0.717, 1.165) is 5.56 Å². The number of nitrogens with one attached hydrogen (secondary N) is 1. The maximum absolute atomic E-state index is 13.2. The van der Waals surface area contributed by atoms with Gasteiger partial charge in [-0.25, -0.2) is 9.37 Å². The number of benzene rings is 3. The molecule has 0 unspecified atom stereocenters. The first kappa shape index (κ1) is 23.7. The Morgan fingerprint density at radius 3 is 2.54 bits per heavy atom. The van der Waals surface area contributed by atoms with Crippen molar-refractivity contribution in [3.8, 4) is 34.5 Å². The fourth-order valence-corrected chi connectivity index (χ4v) is 3.69. The fraction of sp³-hybridized carbons (Fsp3) is 0.111. The Balaban J connectivity index is 1.23. The lowest BCUT2D eigenvalue weighted by Crippen LogP contribution is -2.13. The van der Waals surface area contributed by atoms with E-state index in [0.29, 0.717) is 46.4 Å². The van der Waals surface area contributed by atoms with Gasteiger partial charge in [-0.1, -0.05) is 17.3 Å². The number of halogens is 1. The first-order valence-corrected chi connectivity index (χ1v) is 11.3. The molecule has 2 heterocycles. The van der Waals surface area contributed by atoms with Crippen molar-refractivity contribution in [3.05, 3.63) is 96.2 Å². The van der Waals surface area contributed by atoms with Gasteiger partial charge >= 0.3 is 0 Å². The van der Waals surface area contributed by atoms with Gasteiger partial charge in [0.2, 0.25) is 5.82 Å². The minimum atomic E-state index is -0.334. The molecule has 0 radical (unpaired) electrons. The molecule has 37 heavy (non-hydrogen) atoms. The Kier molecular flexibility index (Phi) is 6.62. The van der Waals surface area contributed by atoms with E-state index in [1.54, 1.807) is 50.0 Å². The molecule has 0 aliphatic rings. The van der Waals surface area contributed by atoms with Crippen LogP contribution in [0.3, 0.4) is 0 Å². The summed E-state index contributed by atoms with van der Waals surface area (Å²) in [7, 11) is 3.06. The van der Waals surface area contributed by atoms with Gasteiger partial charge in [-0.05, 0) is 54.1 Å². The Morgan fingerprint density at radius 1 is 1.03 bits per heavy atom. The van der Waals surface area contributed by atoms with Gasteiger partial charge in [-0.2, -0.15) is 4.98 Å². The molecule has 2 aromatic heterocycles. The van der Waals surface area contributed by atoms with Crippen LogP contribution in [0.25, 0.3) is 23.0 Å². The van der Waals surface area contributed by atoms with E-state index in [4.69, 9.17) is 14.0 Å². The third-order valence-electron chi connectivity index (χ3n) is 5.61. The van der Waals surface area contributed by atoms with Crippen molar-refractivity contribution in [3.63, 3.8) is 0 Å². The average Bonchev–Trinajstić information content (AvgIpc) is 3.60. The van der Waals surface area contributed by atoms with Crippen LogP contribution in [0, 0.1) is 5.82 Å². The number of carbonyl (C=O) groups excluding carboxylic acids is 1. The molecule has 9 nitrogen and oxygen atoms in total. The van der Waals surface area contributed by atoms with Gasteiger partial charge in [-0.3, -0.25) is 4.79 Å². The van der Waals surface area contributed by atoms with Crippen molar-refractivity contribution in [1.82, 2.24) is 19.7 Å². The molecule has 0 atom stereocenters. The predicted molar refractivity (Wildman–Crippen MR) is 134 cm³/mol. The lowest BCUT2D eigenvalue weighted by Gasteiger charge is -2.11. The number of anilines is 1. The standard InChI is InChI=1S/C27H22FN5O4/c1-35-21-11-12-22(24(13-21)36-2)26(34)30-20-9-3-17(4-10-20)14-33-15-23(29-16-33)27-31-25(32-37-27)18-5-7-19(28)8-6-18/h3-13,15-16H,14H2,1-2H3,(H,30,34). The van der Waals surface area contributed by atoms with Crippen LogP contribution in [-0.4, -0.2) is 39.8 Å². The Labute approximate surface area is 211 Å². The topological polar surface area (TPSA) is 104 Å². The van der Waals surface area contributed by atoms with Crippen molar-refractivity contribution in [1.29, 1.82) is 0 Å². The molecular weight excluding hydrogens is 477 g/mol. The summed E-state index contributed by atoms with van der Waals surface area (Å²) in [5.74, 6) is 1.04. The first-order chi connectivity index (χ1) is 18.0. The molecule has 0 fully saturated rings. The summed E-state index contributed by atoms with van der Waals surface area (Å²) in [5.41, 5.74) is 3.23. The summed E-state index contributed by atoms with van der Waals surface area (Å²) < 4.78 is 30.9. The monoisotopic (exact) mass is 499 g/mol. The fourth-order valence-electron chi connectivity index (χ4n) is 3.69. The third kappa shape index (κ3) is 5.32. The molecule has 0 aliphatic heterocycles. The molecule has 0 saturated carbocycles. The van der Waals surface area contributed by atoms with Crippen LogP contribution in [-0.2, 0) is 6.54 Å². The molecule has 1 amide bonds. The van der Waals surface area contributed by atoms with Crippen molar-refractivity contribution in [2.75, 3.05) is 19.5 Å². The lowest BCUT2D eigenvalue weighted by atomic mass is 10.1. The highest BCUT2D eigenvalue weighted by Gasteiger charge is 2.15. The van der Waals surface area contributed by atoms with E-state index in [9.17, 15) is 9.18 Å². The van der Waals surface area contributed by atoms with Gasteiger partial charge in [-0.15, -0.1) is 0 Å². The summed E-state index contributed by atoms with van der Waals surface area (Å²) in [4.78, 5) is 21.4. The molecule has 3 aromatic carbocycles. The third-order valence-corrected chi connectivity index (χ3v) is 5.61. The van der Waals surface area contributed by atoms with E-state index in [1.165, 1.54) is 19.2 Å². The SMILES string of the molecule is COc1ccc(C(=O)Nc2ccc(Cn3cnc(-c4nc(-c5ccc(F)cc5)no4)c3)cc2)c(OC)c1. The van der Waals surface area contributed by atoms with Crippen LogP contribution in [0.4, 0.5) is 10.1 Å². The predicted octanol–water partition coefficient (Wildman–Crippen LogP) is 5.06. The zero-order chi connectivity index (χ0) is 25.8. The van der Waals surface area contributed by atoms with E-state index < -0.39 is 0 Å². The molecule has 5 aromatic rings. The van der Waals surface area contributed by atoms with Crippen LogP contribution in [0.15, 0.2) is 83.8 Å². The number of rotatable bonds is 8. The largest absolute Gasteiger partial charge is 0.497 e. The Morgan fingerprint density at radius 2 is 1.81 bits per heavy atom. The van der Waals surface area contributed by atoms with Gasteiger partial charge in [0.25, 0.3) is 11.8 Å². The molecule has 0 bridgehead atoms. The minimum Gasteiger partial charge on any atom is -0.497 e. The molecule has 186 valence electrons. The first-order valence-electron chi connectivity index (χ1n) is 11.3. The van der Waals surface area contributed by atoms with E-state index in [2.05, 4.69) is 20.4 Å². The summed E-state index contributed by atoms with van der Waals surface area (Å²) >= 11 is 0. The van der Waals surface area contributed by atoms with Gasteiger partial charge in [0.15, 0.2) is 0 Å². The number of ether oxygens (including phenoxy) is 2. The lowest BCUT2D eigenvalue weighted by molar-refractivity contribution is 0.102. The normalized spacial score (nSPS) is 10.8. The maximum atomic E-state index is 13.2. The van der Waals surface area contributed by atoms with E-state index in [-0.39, 0.29) is 17.6 Å². The molecule has 1 N–H and O–H groups in total. The second-order valence-corrected chi connectivity index (χ2v) is 8.08. The molecule has 0 spiro atoms. The Bertz CT molecular complexity index is 1530. The van der Waals surface area contributed by atoms with Gasteiger partial charge in [0.1, 0.15) is 23.0 Å². The number of hydrogen-bond acceptors (Lipinski definition) is 7. The molecule has 0 saturated heterocycles. The number of hydrogen-bond donors (Lipinski definition) is 1. The highest BCUT2D eigenvalue weighted by atomic mass is 19.1. The van der Waals surface area contributed by atoms with Crippen LogP contribution in [0.5, 0.6) is 11.5 Å². The summed E-state index contributed by atoms with van der Waals surface area (Å²) in [6.45, 7) is 0.548. The average molecular weight is 500 g/mol. The highest BCUT2D eigenvalue weighted by molar-refractivity contribution is 6.06. The molecule has 10 heteroatoms. The Hall–Kier alpha value is -4.99. The van der Waals surface area contributed by atoms with Crippen molar-refractivity contribution < 1.29 is 23.2 Å². The second kappa shape index (κ2) is 10.3. The molecule has 5 rings (SSSR count). The van der Waals surface area contributed by atoms with Crippen molar-refractivity contribution >= 4 is 11.6 Å². The van der Waals surface area contributed by atoms with Crippen molar-refractivity contribution in [2.45, 2.75) is 6.54 Å². The van der Waals surface area contributed by atoms with Gasteiger partial charge in [0, 0.05) is 30.1 Å². The van der Waals surface area contributed by atoms with Crippen LogP contribution in [0.1, 0.15) is 15.9 Å². The summed E-state index contributed by atoms with van der Waals surface area (Å²) in [6, 6.07) is 18.4. The van der Waals surface area contributed by atoms with Crippen molar-refractivity contribution in [2.24, 2.45) is 0 Å². The zero-order valence-corrected chi connectivity index (χ0v) is 20.0. The number of nitrogens with zero attached hydrogens (tertiary/aromatic N) is 4. The highest BCUT2D eigenvalue weighted by Crippen LogP contribution is 2.26. The van der Waals surface area contributed by atoms with Crippen LogP contribution < -0.4 is 14.8 Å².